The van der Waals surface area contributed by atoms with Gasteiger partial charge in [0.15, 0.2) is 0 Å². The standard InChI is InChI=1S/C25H20Cl2N4O3/c1-33-17-7-8-18(15(10-17)13-34-24-9-6-16(26)11-20(24)27)22-12-21(19-4-2-3-5-23(19)32)29-25-30-28-14-31(22)25/h2-12,14,22,32H,13H2,1H3,(H,29,30)/t22-/m1/s1. The fraction of sp³-hybridized carbons (Fsp3) is 0.120. The number of phenols is 1. The summed E-state index contributed by atoms with van der Waals surface area (Å²) in [6.07, 6.45) is 3.68. The van der Waals surface area contributed by atoms with Crippen LogP contribution in [-0.4, -0.2) is 27.0 Å². The van der Waals surface area contributed by atoms with E-state index >= 15 is 0 Å². The quantitative estimate of drug-likeness (QED) is 0.345. The second-order valence-corrected chi connectivity index (χ2v) is 8.50. The van der Waals surface area contributed by atoms with Crippen LogP contribution in [0, 0.1) is 0 Å². The number of aromatic nitrogens is 3. The van der Waals surface area contributed by atoms with Crippen LogP contribution in [0.4, 0.5) is 5.95 Å². The molecule has 3 aromatic carbocycles. The smallest absolute Gasteiger partial charge is 0.229 e. The van der Waals surface area contributed by atoms with Crippen molar-refractivity contribution in [1.82, 2.24) is 14.8 Å². The molecule has 0 radical (unpaired) electrons. The molecule has 0 spiro atoms. The minimum Gasteiger partial charge on any atom is -0.507 e. The summed E-state index contributed by atoms with van der Waals surface area (Å²) in [5.74, 6) is 1.96. The summed E-state index contributed by atoms with van der Waals surface area (Å²) in [4.78, 5) is 0. The molecule has 0 unspecified atom stereocenters. The predicted octanol–water partition coefficient (Wildman–Crippen LogP) is 5.93. The Labute approximate surface area is 206 Å². The number of para-hydroxylation sites is 1. The van der Waals surface area contributed by atoms with Gasteiger partial charge in [-0.15, -0.1) is 10.2 Å². The van der Waals surface area contributed by atoms with Gasteiger partial charge in [-0.2, -0.15) is 0 Å². The molecule has 2 heterocycles. The predicted molar refractivity (Wildman–Crippen MR) is 132 cm³/mol. The van der Waals surface area contributed by atoms with E-state index in [1.54, 1.807) is 43.8 Å². The Bertz CT molecular complexity index is 1390. The van der Waals surface area contributed by atoms with Crippen LogP contribution in [0.15, 0.2) is 73.1 Å². The summed E-state index contributed by atoms with van der Waals surface area (Å²) >= 11 is 12.3. The highest BCUT2D eigenvalue weighted by Crippen LogP contribution is 2.37. The molecular weight excluding hydrogens is 475 g/mol. The van der Waals surface area contributed by atoms with Crippen molar-refractivity contribution >= 4 is 34.8 Å². The van der Waals surface area contributed by atoms with Crippen molar-refractivity contribution in [1.29, 1.82) is 0 Å². The normalized spacial score (nSPS) is 14.7. The first-order valence-corrected chi connectivity index (χ1v) is 11.2. The van der Waals surface area contributed by atoms with Gasteiger partial charge < -0.3 is 19.9 Å². The summed E-state index contributed by atoms with van der Waals surface area (Å²) in [5.41, 5.74) is 3.25. The molecule has 9 heteroatoms. The average Bonchev–Trinajstić information content (AvgIpc) is 3.32. The zero-order valence-corrected chi connectivity index (χ0v) is 19.6. The van der Waals surface area contributed by atoms with Gasteiger partial charge in [0, 0.05) is 10.6 Å². The van der Waals surface area contributed by atoms with Crippen LogP contribution >= 0.6 is 23.2 Å². The number of rotatable bonds is 6. The molecular formula is C25H20Cl2N4O3. The van der Waals surface area contributed by atoms with Crippen molar-refractivity contribution in [3.8, 4) is 17.2 Å². The van der Waals surface area contributed by atoms with Gasteiger partial charge in [-0.1, -0.05) is 41.4 Å². The van der Waals surface area contributed by atoms with Crippen molar-refractivity contribution < 1.29 is 14.6 Å². The van der Waals surface area contributed by atoms with Gasteiger partial charge in [0.05, 0.1) is 23.9 Å². The number of benzene rings is 3. The highest BCUT2D eigenvalue weighted by atomic mass is 35.5. The number of methoxy groups -OCH3 is 1. The SMILES string of the molecule is COc1ccc([C@H]2C=C(c3ccccc3O)Nc3nncn32)c(COc2ccc(Cl)cc2Cl)c1. The number of nitrogens with one attached hydrogen (secondary N) is 1. The van der Waals surface area contributed by atoms with Crippen LogP contribution in [0.25, 0.3) is 5.70 Å². The lowest BCUT2D eigenvalue weighted by Crippen LogP contribution is -2.20. The Balaban J connectivity index is 1.56. The summed E-state index contributed by atoms with van der Waals surface area (Å²) in [6.45, 7) is 0.245. The Hall–Kier alpha value is -3.68. The molecule has 7 nitrogen and oxygen atoms in total. The average molecular weight is 495 g/mol. The lowest BCUT2D eigenvalue weighted by molar-refractivity contribution is 0.303. The maximum atomic E-state index is 10.4. The third kappa shape index (κ3) is 4.27. The number of aromatic hydroxyl groups is 1. The highest BCUT2D eigenvalue weighted by Gasteiger charge is 2.26. The molecule has 1 aliphatic rings. The van der Waals surface area contributed by atoms with E-state index in [4.69, 9.17) is 32.7 Å². The van der Waals surface area contributed by atoms with E-state index < -0.39 is 0 Å². The van der Waals surface area contributed by atoms with Crippen molar-refractivity contribution in [2.45, 2.75) is 12.6 Å². The maximum absolute atomic E-state index is 10.4. The zero-order valence-electron chi connectivity index (χ0n) is 18.1. The number of hydrogen-bond acceptors (Lipinski definition) is 6. The Kier molecular flexibility index (Phi) is 6.04. The molecule has 0 saturated heterocycles. The minimum absolute atomic E-state index is 0.170. The van der Waals surface area contributed by atoms with E-state index in [1.807, 2.05) is 41.0 Å². The summed E-state index contributed by atoms with van der Waals surface area (Å²) in [5, 5.41) is 22.9. The summed E-state index contributed by atoms with van der Waals surface area (Å²) < 4.78 is 13.4. The topological polar surface area (TPSA) is 81.4 Å². The van der Waals surface area contributed by atoms with Gasteiger partial charge in [0.1, 0.15) is 30.2 Å². The molecule has 1 aromatic heterocycles. The number of halogens is 2. The van der Waals surface area contributed by atoms with E-state index in [2.05, 4.69) is 15.5 Å². The van der Waals surface area contributed by atoms with Gasteiger partial charge in [-0.05, 0) is 59.7 Å². The van der Waals surface area contributed by atoms with E-state index in [-0.39, 0.29) is 18.4 Å². The Morgan fingerprint density at radius 2 is 1.94 bits per heavy atom. The molecule has 0 bridgehead atoms. The van der Waals surface area contributed by atoms with Crippen LogP contribution in [0.5, 0.6) is 17.2 Å². The lowest BCUT2D eigenvalue weighted by atomic mass is 9.96. The molecule has 34 heavy (non-hydrogen) atoms. The van der Waals surface area contributed by atoms with Crippen molar-refractivity contribution in [2.24, 2.45) is 0 Å². The molecule has 2 N–H and O–H groups in total. The number of anilines is 1. The monoisotopic (exact) mass is 494 g/mol. The second-order valence-electron chi connectivity index (χ2n) is 7.66. The van der Waals surface area contributed by atoms with E-state index in [1.165, 1.54) is 0 Å². The number of ether oxygens (including phenoxy) is 2. The third-order valence-corrected chi connectivity index (χ3v) is 6.11. The van der Waals surface area contributed by atoms with Crippen LogP contribution < -0.4 is 14.8 Å². The number of phenolic OH excluding ortho intramolecular Hbond substituents is 1. The first-order chi connectivity index (χ1) is 16.5. The largest absolute Gasteiger partial charge is 0.507 e. The second kappa shape index (κ2) is 9.29. The van der Waals surface area contributed by atoms with E-state index in [9.17, 15) is 5.11 Å². The molecule has 0 amide bonds. The third-order valence-electron chi connectivity index (χ3n) is 5.58. The van der Waals surface area contributed by atoms with Crippen LogP contribution in [0.2, 0.25) is 10.0 Å². The number of fused-ring (bicyclic) bond motifs is 1. The lowest BCUT2D eigenvalue weighted by Gasteiger charge is -2.27. The molecule has 172 valence electrons. The number of hydrogen-bond donors (Lipinski definition) is 2. The Morgan fingerprint density at radius 1 is 1.09 bits per heavy atom. The minimum atomic E-state index is -0.258. The first kappa shape index (κ1) is 22.1. The fourth-order valence-electron chi connectivity index (χ4n) is 3.90. The molecule has 0 aliphatic carbocycles. The van der Waals surface area contributed by atoms with Crippen molar-refractivity contribution in [2.75, 3.05) is 12.4 Å². The number of allylic oxidation sites excluding steroid dienone is 1. The van der Waals surface area contributed by atoms with Crippen LogP contribution in [-0.2, 0) is 6.61 Å². The molecule has 0 saturated carbocycles. The highest BCUT2D eigenvalue weighted by molar-refractivity contribution is 6.35. The molecule has 1 atom stereocenters. The molecule has 5 rings (SSSR count). The van der Waals surface area contributed by atoms with E-state index in [0.717, 1.165) is 16.8 Å². The van der Waals surface area contributed by atoms with Gasteiger partial charge in [-0.3, -0.25) is 4.57 Å². The van der Waals surface area contributed by atoms with Gasteiger partial charge in [0.2, 0.25) is 5.95 Å². The van der Waals surface area contributed by atoms with Gasteiger partial charge in [-0.25, -0.2) is 0 Å². The Morgan fingerprint density at radius 3 is 2.74 bits per heavy atom. The van der Waals surface area contributed by atoms with Crippen molar-refractivity contribution in [3.05, 3.63) is 99.8 Å². The first-order valence-electron chi connectivity index (χ1n) is 10.4. The molecule has 4 aromatic rings. The van der Waals surface area contributed by atoms with E-state index in [0.29, 0.717) is 33.1 Å². The molecule has 1 aliphatic heterocycles. The van der Waals surface area contributed by atoms with Gasteiger partial charge in [0.25, 0.3) is 0 Å². The molecule has 0 fully saturated rings. The summed E-state index contributed by atoms with van der Waals surface area (Å²) in [7, 11) is 1.62. The maximum Gasteiger partial charge on any atom is 0.229 e. The number of nitrogens with zero attached hydrogens (tertiary/aromatic N) is 3. The van der Waals surface area contributed by atoms with Crippen LogP contribution in [0.3, 0.4) is 0 Å². The fourth-order valence-corrected chi connectivity index (χ4v) is 4.37. The zero-order chi connectivity index (χ0) is 23.7. The van der Waals surface area contributed by atoms with Crippen LogP contribution in [0.1, 0.15) is 22.7 Å². The van der Waals surface area contributed by atoms with Crippen molar-refractivity contribution in [3.63, 3.8) is 0 Å². The summed E-state index contributed by atoms with van der Waals surface area (Å²) in [6, 6.07) is 17.8. The van der Waals surface area contributed by atoms with Gasteiger partial charge >= 0.3 is 0 Å².